The minimum atomic E-state index is 0.826. The van der Waals surface area contributed by atoms with E-state index in [1.165, 1.54) is 25.9 Å². The van der Waals surface area contributed by atoms with Gasteiger partial charge < -0.3 is 10.1 Å². The lowest BCUT2D eigenvalue weighted by Gasteiger charge is -2.11. The molecule has 2 aromatic rings. The van der Waals surface area contributed by atoms with Crippen LogP contribution in [0, 0.1) is 17.4 Å². The van der Waals surface area contributed by atoms with Crippen LogP contribution in [0.4, 0.5) is 5.69 Å². The highest BCUT2D eigenvalue weighted by molar-refractivity contribution is 14.1. The smallest absolute Gasteiger partial charge is 0.121 e. The summed E-state index contributed by atoms with van der Waals surface area (Å²) in [5.41, 5.74) is 4.89. The Kier molecular flexibility index (Phi) is 4.69. The molecule has 0 spiro atoms. The van der Waals surface area contributed by atoms with E-state index < -0.39 is 0 Å². The van der Waals surface area contributed by atoms with Gasteiger partial charge >= 0.3 is 0 Å². The third-order valence-corrected chi connectivity index (χ3v) is 3.80. The molecule has 0 aliphatic carbocycles. The number of hydrogen-bond acceptors (Lipinski definition) is 2. The molecule has 0 radical (unpaired) electrons. The van der Waals surface area contributed by atoms with Crippen molar-refractivity contribution >= 4 is 28.3 Å². The second-order valence-corrected chi connectivity index (χ2v) is 5.86. The van der Waals surface area contributed by atoms with Crippen LogP contribution < -0.4 is 10.1 Å². The van der Waals surface area contributed by atoms with Crippen LogP contribution in [0.3, 0.4) is 0 Å². The summed E-state index contributed by atoms with van der Waals surface area (Å²) in [5, 5.41) is 3.48. The molecule has 19 heavy (non-hydrogen) atoms. The topological polar surface area (TPSA) is 21.3 Å². The Bertz CT molecular complexity index is 581. The van der Waals surface area contributed by atoms with Gasteiger partial charge in [0.15, 0.2) is 0 Å². The standard InChI is InChI=1S/C16H18INO/c1-11-9-14(17)5-6-15(11)18-10-13-4-7-16(19-3)12(2)8-13/h4-9,18H,10H2,1-3H3. The molecule has 0 bridgehead atoms. The molecule has 0 heterocycles. The lowest BCUT2D eigenvalue weighted by molar-refractivity contribution is 0.411. The number of halogens is 1. The summed E-state index contributed by atoms with van der Waals surface area (Å²) < 4.78 is 6.54. The van der Waals surface area contributed by atoms with E-state index in [0.29, 0.717) is 0 Å². The predicted molar refractivity (Wildman–Crippen MR) is 89.0 cm³/mol. The number of benzene rings is 2. The summed E-state index contributed by atoms with van der Waals surface area (Å²) in [6, 6.07) is 12.7. The molecular formula is C16H18INO. The fourth-order valence-corrected chi connectivity index (χ4v) is 2.72. The molecule has 0 unspecified atom stereocenters. The van der Waals surface area contributed by atoms with Gasteiger partial charge in [-0.2, -0.15) is 0 Å². The zero-order valence-corrected chi connectivity index (χ0v) is 13.6. The maximum Gasteiger partial charge on any atom is 0.121 e. The van der Waals surface area contributed by atoms with Crippen LogP contribution in [-0.4, -0.2) is 7.11 Å². The quantitative estimate of drug-likeness (QED) is 0.802. The molecule has 2 aromatic carbocycles. The van der Waals surface area contributed by atoms with Crippen molar-refractivity contribution in [2.24, 2.45) is 0 Å². The van der Waals surface area contributed by atoms with E-state index in [1.54, 1.807) is 7.11 Å². The number of rotatable bonds is 4. The largest absolute Gasteiger partial charge is 0.496 e. The summed E-state index contributed by atoms with van der Waals surface area (Å²) in [5.74, 6) is 0.939. The molecule has 2 nitrogen and oxygen atoms in total. The fourth-order valence-electron chi connectivity index (χ4n) is 2.07. The minimum Gasteiger partial charge on any atom is -0.496 e. The van der Waals surface area contributed by atoms with Gasteiger partial charge in [0, 0.05) is 15.8 Å². The first kappa shape index (κ1) is 14.2. The number of anilines is 1. The van der Waals surface area contributed by atoms with Crippen LogP contribution in [0.15, 0.2) is 36.4 Å². The predicted octanol–water partition coefficient (Wildman–Crippen LogP) is 4.53. The van der Waals surface area contributed by atoms with Crippen molar-refractivity contribution in [3.63, 3.8) is 0 Å². The van der Waals surface area contributed by atoms with Crippen LogP contribution in [0.1, 0.15) is 16.7 Å². The highest BCUT2D eigenvalue weighted by Gasteiger charge is 2.02. The van der Waals surface area contributed by atoms with Gasteiger partial charge in [0.25, 0.3) is 0 Å². The molecule has 0 amide bonds. The van der Waals surface area contributed by atoms with Crippen LogP contribution in [0.2, 0.25) is 0 Å². The number of aryl methyl sites for hydroxylation is 2. The van der Waals surface area contributed by atoms with Gasteiger partial charge in [0.1, 0.15) is 5.75 Å². The van der Waals surface area contributed by atoms with Crippen LogP contribution in [0.25, 0.3) is 0 Å². The maximum absolute atomic E-state index is 5.27. The molecule has 2 rings (SSSR count). The SMILES string of the molecule is COc1ccc(CNc2ccc(I)cc2C)cc1C. The Morgan fingerprint density at radius 3 is 2.47 bits per heavy atom. The number of hydrogen-bond donors (Lipinski definition) is 1. The Hall–Kier alpha value is -1.23. The number of methoxy groups -OCH3 is 1. The molecule has 0 aliphatic rings. The number of nitrogens with one attached hydrogen (secondary N) is 1. The van der Waals surface area contributed by atoms with Crippen molar-refractivity contribution in [1.82, 2.24) is 0 Å². The summed E-state index contributed by atoms with van der Waals surface area (Å²) in [6.45, 7) is 5.02. The van der Waals surface area contributed by atoms with Gasteiger partial charge in [-0.05, 0) is 77.4 Å². The summed E-state index contributed by atoms with van der Waals surface area (Å²) >= 11 is 2.33. The Morgan fingerprint density at radius 2 is 1.84 bits per heavy atom. The van der Waals surface area contributed by atoms with Gasteiger partial charge in [-0.25, -0.2) is 0 Å². The fraction of sp³-hybridized carbons (Fsp3) is 0.250. The van der Waals surface area contributed by atoms with E-state index in [9.17, 15) is 0 Å². The van der Waals surface area contributed by atoms with Crippen molar-refractivity contribution in [3.8, 4) is 5.75 Å². The molecule has 0 saturated carbocycles. The number of ether oxygens (including phenoxy) is 1. The average Bonchev–Trinajstić information content (AvgIpc) is 2.38. The monoisotopic (exact) mass is 367 g/mol. The van der Waals surface area contributed by atoms with Crippen molar-refractivity contribution in [3.05, 3.63) is 56.7 Å². The third-order valence-electron chi connectivity index (χ3n) is 3.13. The van der Waals surface area contributed by atoms with Gasteiger partial charge in [0.05, 0.1) is 7.11 Å². The van der Waals surface area contributed by atoms with Crippen LogP contribution in [0.5, 0.6) is 5.75 Å². The zero-order valence-electron chi connectivity index (χ0n) is 11.5. The van der Waals surface area contributed by atoms with Crippen molar-refractivity contribution < 1.29 is 4.74 Å². The molecule has 0 fully saturated rings. The van der Waals surface area contributed by atoms with E-state index in [0.717, 1.165) is 12.3 Å². The Morgan fingerprint density at radius 1 is 1.05 bits per heavy atom. The van der Waals surface area contributed by atoms with Gasteiger partial charge in [-0.1, -0.05) is 12.1 Å². The summed E-state index contributed by atoms with van der Waals surface area (Å²) in [7, 11) is 1.70. The maximum atomic E-state index is 5.27. The van der Waals surface area contributed by atoms with Crippen LogP contribution in [-0.2, 0) is 6.54 Å². The first-order valence-corrected chi connectivity index (χ1v) is 7.31. The highest BCUT2D eigenvalue weighted by atomic mass is 127. The average molecular weight is 367 g/mol. The van der Waals surface area contributed by atoms with Crippen molar-refractivity contribution in [2.45, 2.75) is 20.4 Å². The zero-order chi connectivity index (χ0) is 13.8. The molecule has 0 saturated heterocycles. The molecule has 0 aliphatic heterocycles. The lowest BCUT2D eigenvalue weighted by atomic mass is 10.1. The minimum absolute atomic E-state index is 0.826. The van der Waals surface area contributed by atoms with Gasteiger partial charge in [-0.15, -0.1) is 0 Å². The van der Waals surface area contributed by atoms with E-state index in [4.69, 9.17) is 4.74 Å². The molecule has 0 aromatic heterocycles. The molecule has 3 heteroatoms. The van der Waals surface area contributed by atoms with E-state index >= 15 is 0 Å². The van der Waals surface area contributed by atoms with E-state index in [2.05, 4.69) is 72.1 Å². The first-order valence-electron chi connectivity index (χ1n) is 6.23. The lowest BCUT2D eigenvalue weighted by Crippen LogP contribution is -2.01. The van der Waals surface area contributed by atoms with Crippen LogP contribution >= 0.6 is 22.6 Å². The highest BCUT2D eigenvalue weighted by Crippen LogP contribution is 2.21. The summed E-state index contributed by atoms with van der Waals surface area (Å²) in [4.78, 5) is 0. The van der Waals surface area contributed by atoms with Gasteiger partial charge in [0.2, 0.25) is 0 Å². The molecule has 0 atom stereocenters. The third kappa shape index (κ3) is 3.62. The molecular weight excluding hydrogens is 349 g/mol. The molecule has 1 N–H and O–H groups in total. The van der Waals surface area contributed by atoms with Crippen molar-refractivity contribution in [2.75, 3.05) is 12.4 Å². The van der Waals surface area contributed by atoms with E-state index in [-0.39, 0.29) is 0 Å². The Balaban J connectivity index is 2.08. The Labute approximate surface area is 128 Å². The second-order valence-electron chi connectivity index (χ2n) is 4.62. The van der Waals surface area contributed by atoms with Crippen molar-refractivity contribution in [1.29, 1.82) is 0 Å². The molecule has 100 valence electrons. The van der Waals surface area contributed by atoms with Gasteiger partial charge in [-0.3, -0.25) is 0 Å². The normalized spacial score (nSPS) is 10.3. The summed E-state index contributed by atoms with van der Waals surface area (Å²) in [6.07, 6.45) is 0. The first-order chi connectivity index (χ1) is 9.10. The van der Waals surface area contributed by atoms with E-state index in [1.807, 2.05) is 6.07 Å². The second kappa shape index (κ2) is 6.28.